The van der Waals surface area contributed by atoms with Crippen molar-refractivity contribution in [2.75, 3.05) is 40.3 Å². The van der Waals surface area contributed by atoms with E-state index < -0.39 is 16.0 Å². The van der Waals surface area contributed by atoms with Gasteiger partial charge in [-0.2, -0.15) is 4.31 Å². The second-order valence-electron chi connectivity index (χ2n) is 4.81. The molecular formula is C12H19N3O4S. The average molecular weight is 301 g/mol. The first-order chi connectivity index (χ1) is 9.37. The number of likely N-dealkylation sites (N-methyl/N-ethyl adjacent to an activating group) is 1. The van der Waals surface area contributed by atoms with Gasteiger partial charge in [0.2, 0.25) is 0 Å². The topological polar surface area (TPSA) is 71.8 Å². The zero-order chi connectivity index (χ0) is 14.9. The predicted octanol–water partition coefficient (Wildman–Crippen LogP) is -0.252. The molecule has 0 N–H and O–H groups in total. The van der Waals surface area contributed by atoms with Crippen LogP contribution in [0.15, 0.2) is 17.2 Å². The number of nitrogens with zero attached hydrogens (tertiary/aromatic N) is 3. The normalized spacial score (nSPS) is 18.1. The molecule has 20 heavy (non-hydrogen) atoms. The number of aromatic nitrogens is 1. The Morgan fingerprint density at radius 3 is 2.30 bits per heavy atom. The Bertz CT molecular complexity index is 600. The lowest BCUT2D eigenvalue weighted by molar-refractivity contribution is 0.0589. The van der Waals surface area contributed by atoms with Crippen molar-refractivity contribution in [3.8, 4) is 0 Å². The van der Waals surface area contributed by atoms with Crippen molar-refractivity contribution >= 4 is 16.0 Å². The van der Waals surface area contributed by atoms with Gasteiger partial charge in [0.15, 0.2) is 5.03 Å². The van der Waals surface area contributed by atoms with Crippen LogP contribution in [0.2, 0.25) is 0 Å². The molecule has 1 aromatic rings. The van der Waals surface area contributed by atoms with E-state index in [2.05, 4.69) is 9.64 Å². The number of hydrogen-bond acceptors (Lipinski definition) is 5. The van der Waals surface area contributed by atoms with Gasteiger partial charge in [-0.05, 0) is 19.2 Å². The standard InChI is InChI=1S/C12H19N3O4S/c1-13-6-8-15(9-7-13)20(17,18)11-5-4-10(14(11)2)12(16)19-3/h4-5H,6-9H2,1-3H3. The van der Waals surface area contributed by atoms with E-state index in [0.29, 0.717) is 26.2 Å². The summed E-state index contributed by atoms with van der Waals surface area (Å²) in [6, 6.07) is 2.91. The molecule has 2 rings (SSSR count). The second kappa shape index (κ2) is 5.55. The van der Waals surface area contributed by atoms with Crippen molar-refractivity contribution in [1.29, 1.82) is 0 Å². The Labute approximate surface area is 118 Å². The molecule has 0 amide bonds. The van der Waals surface area contributed by atoms with E-state index in [1.165, 1.54) is 28.1 Å². The van der Waals surface area contributed by atoms with Gasteiger partial charge in [-0.25, -0.2) is 13.2 Å². The molecule has 0 unspecified atom stereocenters. The van der Waals surface area contributed by atoms with Crippen LogP contribution in [0.3, 0.4) is 0 Å². The Kier molecular flexibility index (Phi) is 4.17. The van der Waals surface area contributed by atoms with Gasteiger partial charge < -0.3 is 14.2 Å². The number of methoxy groups -OCH3 is 1. The minimum absolute atomic E-state index is 0.113. The lowest BCUT2D eigenvalue weighted by atomic mass is 10.4. The van der Waals surface area contributed by atoms with Crippen LogP contribution in [0.1, 0.15) is 10.5 Å². The summed E-state index contributed by atoms with van der Waals surface area (Å²) in [6.07, 6.45) is 0. The molecule has 1 aliphatic rings. The zero-order valence-electron chi connectivity index (χ0n) is 11.9. The molecule has 0 aliphatic carbocycles. The van der Waals surface area contributed by atoms with Gasteiger partial charge >= 0.3 is 5.97 Å². The van der Waals surface area contributed by atoms with Gasteiger partial charge in [0.05, 0.1) is 7.11 Å². The molecule has 112 valence electrons. The van der Waals surface area contributed by atoms with Gasteiger partial charge in [0.1, 0.15) is 5.69 Å². The first kappa shape index (κ1) is 15.0. The van der Waals surface area contributed by atoms with Gasteiger partial charge in [0.25, 0.3) is 10.0 Å². The van der Waals surface area contributed by atoms with E-state index in [4.69, 9.17) is 0 Å². The highest BCUT2D eigenvalue weighted by molar-refractivity contribution is 7.89. The molecular weight excluding hydrogens is 282 g/mol. The fourth-order valence-electron chi connectivity index (χ4n) is 2.22. The first-order valence-electron chi connectivity index (χ1n) is 6.30. The highest BCUT2D eigenvalue weighted by Crippen LogP contribution is 2.20. The van der Waals surface area contributed by atoms with Crippen LogP contribution >= 0.6 is 0 Å². The quantitative estimate of drug-likeness (QED) is 0.720. The second-order valence-corrected chi connectivity index (χ2v) is 6.70. The molecule has 0 atom stereocenters. The molecule has 7 nitrogen and oxygen atoms in total. The van der Waals surface area contributed by atoms with Crippen molar-refractivity contribution in [2.45, 2.75) is 5.03 Å². The highest BCUT2D eigenvalue weighted by Gasteiger charge is 2.30. The summed E-state index contributed by atoms with van der Waals surface area (Å²) in [7, 11) is 1.20. The van der Waals surface area contributed by atoms with Crippen LogP contribution in [0, 0.1) is 0 Å². The summed E-state index contributed by atoms with van der Waals surface area (Å²) in [4.78, 5) is 13.6. The predicted molar refractivity (Wildman–Crippen MR) is 73.0 cm³/mol. The van der Waals surface area contributed by atoms with E-state index in [-0.39, 0.29) is 10.7 Å². The van der Waals surface area contributed by atoms with Gasteiger partial charge in [-0.3, -0.25) is 0 Å². The summed E-state index contributed by atoms with van der Waals surface area (Å²) in [5.74, 6) is -0.549. The minimum Gasteiger partial charge on any atom is -0.464 e. The molecule has 2 heterocycles. The summed E-state index contributed by atoms with van der Waals surface area (Å²) in [5, 5.41) is 0.113. The Morgan fingerprint density at radius 2 is 1.75 bits per heavy atom. The van der Waals surface area contributed by atoms with Crippen molar-refractivity contribution in [3.05, 3.63) is 17.8 Å². The first-order valence-corrected chi connectivity index (χ1v) is 7.74. The largest absolute Gasteiger partial charge is 0.464 e. The van der Waals surface area contributed by atoms with Crippen LogP contribution in [-0.2, 0) is 21.8 Å². The van der Waals surface area contributed by atoms with E-state index in [9.17, 15) is 13.2 Å². The number of rotatable bonds is 3. The molecule has 0 aromatic carbocycles. The molecule has 0 spiro atoms. The van der Waals surface area contributed by atoms with Crippen molar-refractivity contribution in [1.82, 2.24) is 13.8 Å². The van der Waals surface area contributed by atoms with E-state index >= 15 is 0 Å². The van der Waals surface area contributed by atoms with Crippen molar-refractivity contribution in [3.63, 3.8) is 0 Å². The maximum atomic E-state index is 12.6. The molecule has 1 fully saturated rings. The molecule has 0 radical (unpaired) electrons. The average Bonchev–Trinajstić information content (AvgIpc) is 2.81. The van der Waals surface area contributed by atoms with E-state index in [1.54, 1.807) is 7.05 Å². The molecule has 0 saturated carbocycles. The summed E-state index contributed by atoms with van der Waals surface area (Å²) in [5.41, 5.74) is 0.222. The van der Waals surface area contributed by atoms with Crippen LogP contribution in [0.4, 0.5) is 0 Å². The lowest BCUT2D eigenvalue weighted by Gasteiger charge is -2.31. The van der Waals surface area contributed by atoms with Gasteiger partial charge in [-0.1, -0.05) is 0 Å². The number of ether oxygens (including phenoxy) is 1. The van der Waals surface area contributed by atoms with E-state index in [1.807, 2.05) is 7.05 Å². The highest BCUT2D eigenvalue weighted by atomic mass is 32.2. The Morgan fingerprint density at radius 1 is 1.15 bits per heavy atom. The third kappa shape index (κ3) is 2.58. The summed E-state index contributed by atoms with van der Waals surface area (Å²) in [6.45, 7) is 2.32. The molecule has 8 heteroatoms. The summed E-state index contributed by atoms with van der Waals surface area (Å²) < 4.78 is 32.6. The SMILES string of the molecule is COC(=O)c1ccc(S(=O)(=O)N2CCN(C)CC2)n1C. The smallest absolute Gasteiger partial charge is 0.354 e. The van der Waals surface area contributed by atoms with Gasteiger partial charge in [0, 0.05) is 33.2 Å². The number of hydrogen-bond donors (Lipinski definition) is 0. The number of sulfonamides is 1. The molecule has 1 aromatic heterocycles. The monoisotopic (exact) mass is 301 g/mol. The number of esters is 1. The van der Waals surface area contributed by atoms with Crippen LogP contribution in [-0.4, -0.2) is 68.5 Å². The molecule has 1 saturated heterocycles. The Hall–Kier alpha value is -1.38. The fourth-order valence-corrected chi connectivity index (χ4v) is 3.81. The zero-order valence-corrected chi connectivity index (χ0v) is 12.7. The maximum Gasteiger partial charge on any atom is 0.354 e. The molecule has 1 aliphatic heterocycles. The third-order valence-electron chi connectivity index (χ3n) is 3.54. The molecule has 0 bridgehead atoms. The maximum absolute atomic E-state index is 12.6. The number of carbonyl (C=O) groups excluding carboxylic acids is 1. The van der Waals surface area contributed by atoms with Crippen molar-refractivity contribution < 1.29 is 17.9 Å². The summed E-state index contributed by atoms with van der Waals surface area (Å²) >= 11 is 0. The van der Waals surface area contributed by atoms with Crippen LogP contribution in [0.5, 0.6) is 0 Å². The van der Waals surface area contributed by atoms with Gasteiger partial charge in [-0.15, -0.1) is 0 Å². The van der Waals surface area contributed by atoms with Crippen LogP contribution < -0.4 is 0 Å². The van der Waals surface area contributed by atoms with Crippen molar-refractivity contribution in [2.24, 2.45) is 7.05 Å². The van der Waals surface area contributed by atoms with E-state index in [0.717, 1.165) is 0 Å². The minimum atomic E-state index is -3.58. The van der Waals surface area contributed by atoms with Crippen LogP contribution in [0.25, 0.3) is 0 Å². The lowest BCUT2D eigenvalue weighted by Crippen LogP contribution is -2.47. The number of piperazine rings is 1. The number of carbonyl (C=O) groups is 1. The fraction of sp³-hybridized carbons (Fsp3) is 0.583. The Balaban J connectivity index is 2.31. The third-order valence-corrected chi connectivity index (χ3v) is 5.52.